The minimum atomic E-state index is -0.351. The summed E-state index contributed by atoms with van der Waals surface area (Å²) in [6, 6.07) is 7.29. The molecule has 0 aliphatic rings. The van der Waals surface area contributed by atoms with Crippen LogP contribution in [0.2, 0.25) is 0 Å². The van der Waals surface area contributed by atoms with Crippen molar-refractivity contribution >= 4 is 5.69 Å². The molecule has 0 atom stereocenters. The van der Waals surface area contributed by atoms with E-state index < -0.39 is 0 Å². The van der Waals surface area contributed by atoms with Gasteiger partial charge in [0.1, 0.15) is 0 Å². The Balaban J connectivity index is 2.61. The molecule has 0 spiro atoms. The molecular formula is C15H21N3O2. The smallest absolute Gasteiger partial charge is 0.272 e. The number of nitriles is 1. The molecule has 1 rings (SSSR count). The van der Waals surface area contributed by atoms with Gasteiger partial charge in [0.2, 0.25) is 0 Å². The molecule has 1 aromatic rings. The van der Waals surface area contributed by atoms with E-state index >= 15 is 0 Å². The summed E-state index contributed by atoms with van der Waals surface area (Å²) in [5, 5.41) is 22.8. The van der Waals surface area contributed by atoms with Gasteiger partial charge in [0, 0.05) is 31.1 Å². The van der Waals surface area contributed by atoms with E-state index in [0.717, 1.165) is 18.5 Å². The van der Waals surface area contributed by atoms with Gasteiger partial charge < -0.3 is 5.32 Å². The summed E-state index contributed by atoms with van der Waals surface area (Å²) in [6.45, 7) is 7.37. The van der Waals surface area contributed by atoms with Crippen molar-refractivity contribution in [1.29, 1.82) is 5.26 Å². The number of nitrogens with one attached hydrogen (secondary N) is 1. The first-order valence-corrected chi connectivity index (χ1v) is 6.68. The van der Waals surface area contributed by atoms with Crippen LogP contribution < -0.4 is 5.32 Å². The van der Waals surface area contributed by atoms with Crippen LogP contribution in [-0.2, 0) is 6.54 Å². The number of nitrogens with zero attached hydrogens (tertiary/aromatic N) is 2. The fraction of sp³-hybridized carbons (Fsp3) is 0.533. The summed E-state index contributed by atoms with van der Waals surface area (Å²) in [5.74, 6) is 0. The lowest BCUT2D eigenvalue weighted by Gasteiger charge is -2.24. The SMILES string of the molecule is Cc1c(CNCC(C)(C)CCC#N)cccc1[N+](=O)[O-]. The Hall–Kier alpha value is -1.93. The van der Waals surface area contributed by atoms with E-state index in [1.54, 1.807) is 13.0 Å². The molecule has 108 valence electrons. The van der Waals surface area contributed by atoms with E-state index in [2.05, 4.69) is 25.2 Å². The second-order valence-electron chi connectivity index (χ2n) is 5.74. The molecule has 5 heteroatoms. The van der Waals surface area contributed by atoms with Gasteiger partial charge in [-0.3, -0.25) is 10.1 Å². The van der Waals surface area contributed by atoms with Gasteiger partial charge in [-0.05, 0) is 24.3 Å². The van der Waals surface area contributed by atoms with Crippen molar-refractivity contribution in [3.63, 3.8) is 0 Å². The van der Waals surface area contributed by atoms with Gasteiger partial charge in [-0.25, -0.2) is 0 Å². The summed E-state index contributed by atoms with van der Waals surface area (Å²) in [6.07, 6.45) is 1.38. The lowest BCUT2D eigenvalue weighted by Crippen LogP contribution is -2.29. The molecule has 0 radical (unpaired) electrons. The Morgan fingerprint density at radius 2 is 2.15 bits per heavy atom. The van der Waals surface area contributed by atoms with Crippen LogP contribution in [0.5, 0.6) is 0 Å². The zero-order valence-corrected chi connectivity index (χ0v) is 12.3. The predicted octanol–water partition coefficient (Wildman–Crippen LogP) is 3.32. The first kappa shape index (κ1) is 16.1. The van der Waals surface area contributed by atoms with Gasteiger partial charge in [-0.2, -0.15) is 5.26 Å². The van der Waals surface area contributed by atoms with E-state index in [4.69, 9.17) is 5.26 Å². The molecule has 0 unspecified atom stereocenters. The van der Waals surface area contributed by atoms with Crippen molar-refractivity contribution in [3.05, 3.63) is 39.4 Å². The maximum atomic E-state index is 10.9. The zero-order chi connectivity index (χ0) is 15.2. The van der Waals surface area contributed by atoms with Gasteiger partial charge in [-0.1, -0.05) is 26.0 Å². The third-order valence-electron chi connectivity index (χ3n) is 3.45. The highest BCUT2D eigenvalue weighted by Gasteiger charge is 2.18. The van der Waals surface area contributed by atoms with Crippen molar-refractivity contribution in [2.24, 2.45) is 5.41 Å². The number of hydrogen-bond donors (Lipinski definition) is 1. The van der Waals surface area contributed by atoms with E-state index in [-0.39, 0.29) is 16.0 Å². The number of benzene rings is 1. The molecule has 20 heavy (non-hydrogen) atoms. The molecule has 0 amide bonds. The molecule has 0 saturated carbocycles. The number of nitro benzene ring substituents is 1. The summed E-state index contributed by atoms with van der Waals surface area (Å²) in [4.78, 5) is 10.5. The first-order valence-electron chi connectivity index (χ1n) is 6.68. The lowest BCUT2D eigenvalue weighted by molar-refractivity contribution is -0.385. The third kappa shape index (κ3) is 4.63. The van der Waals surface area contributed by atoms with Crippen LogP contribution in [0.4, 0.5) is 5.69 Å². The van der Waals surface area contributed by atoms with Crippen molar-refractivity contribution < 1.29 is 4.92 Å². The number of rotatable bonds is 7. The van der Waals surface area contributed by atoms with E-state index in [9.17, 15) is 10.1 Å². The van der Waals surface area contributed by atoms with E-state index in [1.165, 1.54) is 6.07 Å². The minimum Gasteiger partial charge on any atom is -0.312 e. The van der Waals surface area contributed by atoms with Crippen molar-refractivity contribution in [3.8, 4) is 6.07 Å². The zero-order valence-electron chi connectivity index (χ0n) is 12.3. The lowest BCUT2D eigenvalue weighted by atomic mass is 9.88. The fourth-order valence-corrected chi connectivity index (χ4v) is 2.08. The van der Waals surface area contributed by atoms with Gasteiger partial charge in [0.25, 0.3) is 5.69 Å². The second-order valence-corrected chi connectivity index (χ2v) is 5.74. The van der Waals surface area contributed by atoms with Crippen LogP contribution in [-0.4, -0.2) is 11.5 Å². The van der Waals surface area contributed by atoms with Crippen molar-refractivity contribution in [2.75, 3.05) is 6.54 Å². The second kappa shape index (κ2) is 7.01. The summed E-state index contributed by atoms with van der Waals surface area (Å²) < 4.78 is 0. The van der Waals surface area contributed by atoms with Gasteiger partial charge >= 0.3 is 0 Å². The average Bonchev–Trinajstić information content (AvgIpc) is 2.38. The molecule has 0 aromatic heterocycles. The Labute approximate surface area is 119 Å². The number of hydrogen-bond acceptors (Lipinski definition) is 4. The monoisotopic (exact) mass is 275 g/mol. The Kier molecular flexibility index (Phi) is 5.66. The maximum Gasteiger partial charge on any atom is 0.272 e. The molecule has 0 saturated heterocycles. The standard InChI is InChI=1S/C15H21N3O2/c1-12-13(6-4-7-14(12)18(19)20)10-17-11-15(2,3)8-5-9-16/h4,6-7,17H,5,8,10-11H2,1-3H3. The Morgan fingerprint density at radius 1 is 1.45 bits per heavy atom. The largest absolute Gasteiger partial charge is 0.312 e. The molecule has 1 N–H and O–H groups in total. The minimum absolute atomic E-state index is 0.0460. The van der Waals surface area contributed by atoms with Crippen LogP contribution in [0.3, 0.4) is 0 Å². The average molecular weight is 275 g/mol. The topological polar surface area (TPSA) is 79.0 Å². The molecule has 1 aromatic carbocycles. The molecule has 0 heterocycles. The van der Waals surface area contributed by atoms with Crippen LogP contribution in [0.1, 0.15) is 37.8 Å². The molecule has 5 nitrogen and oxygen atoms in total. The van der Waals surface area contributed by atoms with Gasteiger partial charge in [-0.15, -0.1) is 0 Å². The van der Waals surface area contributed by atoms with Crippen LogP contribution in [0.25, 0.3) is 0 Å². The summed E-state index contributed by atoms with van der Waals surface area (Å²) in [5.41, 5.74) is 1.85. The molecule has 0 fully saturated rings. The maximum absolute atomic E-state index is 10.9. The third-order valence-corrected chi connectivity index (χ3v) is 3.45. The van der Waals surface area contributed by atoms with Crippen molar-refractivity contribution in [1.82, 2.24) is 5.32 Å². The quantitative estimate of drug-likeness (QED) is 0.611. The van der Waals surface area contributed by atoms with Gasteiger partial charge in [0.15, 0.2) is 0 Å². The van der Waals surface area contributed by atoms with E-state index in [0.29, 0.717) is 18.5 Å². The molecular weight excluding hydrogens is 254 g/mol. The Morgan fingerprint density at radius 3 is 2.75 bits per heavy atom. The highest BCUT2D eigenvalue weighted by molar-refractivity contribution is 5.44. The molecule has 0 bridgehead atoms. The highest BCUT2D eigenvalue weighted by atomic mass is 16.6. The normalized spacial score (nSPS) is 11.1. The van der Waals surface area contributed by atoms with Crippen LogP contribution >= 0.6 is 0 Å². The van der Waals surface area contributed by atoms with Crippen LogP contribution in [0.15, 0.2) is 18.2 Å². The highest BCUT2D eigenvalue weighted by Crippen LogP contribution is 2.23. The molecule has 0 aliphatic carbocycles. The predicted molar refractivity (Wildman–Crippen MR) is 78.2 cm³/mol. The molecule has 0 aliphatic heterocycles. The Bertz CT molecular complexity index is 518. The summed E-state index contributed by atoms with van der Waals surface area (Å²) >= 11 is 0. The van der Waals surface area contributed by atoms with Crippen molar-refractivity contribution in [2.45, 2.75) is 40.2 Å². The number of nitro groups is 1. The van der Waals surface area contributed by atoms with Crippen LogP contribution in [0, 0.1) is 33.8 Å². The van der Waals surface area contributed by atoms with E-state index in [1.807, 2.05) is 6.07 Å². The van der Waals surface area contributed by atoms with Gasteiger partial charge in [0.05, 0.1) is 11.0 Å². The first-order chi connectivity index (χ1) is 9.37. The fourth-order valence-electron chi connectivity index (χ4n) is 2.08. The summed E-state index contributed by atoms with van der Waals surface area (Å²) in [7, 11) is 0.